The second-order valence-corrected chi connectivity index (χ2v) is 7.86. The smallest absolute Gasteiger partial charge is 0.0594 e. The van der Waals surface area contributed by atoms with Crippen LogP contribution in [0.5, 0.6) is 0 Å². The summed E-state index contributed by atoms with van der Waals surface area (Å²) in [7, 11) is 0. The van der Waals surface area contributed by atoms with Crippen molar-refractivity contribution in [1.82, 2.24) is 9.80 Å². The average molecular weight is 371 g/mol. The Balaban J connectivity index is 1.45. The largest absolute Gasteiger partial charge is 0.379 e. The van der Waals surface area contributed by atoms with Crippen LogP contribution in [0.15, 0.2) is 60.7 Å². The molecule has 140 valence electrons. The number of nitrogens with zero attached hydrogens (tertiary/aromatic N) is 2. The Kier molecular flexibility index (Phi) is 8.52. The number of ether oxygens (including phenoxy) is 1. The van der Waals surface area contributed by atoms with Gasteiger partial charge in [0.05, 0.1) is 13.2 Å². The summed E-state index contributed by atoms with van der Waals surface area (Å²) in [5.74, 6) is 2.27. The summed E-state index contributed by atoms with van der Waals surface area (Å²) in [6.07, 6.45) is 0. The minimum absolute atomic E-state index is 0.881. The molecule has 0 radical (unpaired) electrons. The molecular formula is C22H30N2OS. The van der Waals surface area contributed by atoms with E-state index in [2.05, 4.69) is 70.5 Å². The molecule has 0 aromatic heterocycles. The van der Waals surface area contributed by atoms with Gasteiger partial charge in [-0.15, -0.1) is 0 Å². The first-order valence-corrected chi connectivity index (χ1v) is 10.7. The maximum atomic E-state index is 5.47. The third-order valence-electron chi connectivity index (χ3n) is 4.75. The van der Waals surface area contributed by atoms with Crippen molar-refractivity contribution in [2.45, 2.75) is 12.3 Å². The van der Waals surface area contributed by atoms with Gasteiger partial charge in [-0.1, -0.05) is 60.7 Å². The summed E-state index contributed by atoms with van der Waals surface area (Å²) < 4.78 is 5.47. The van der Waals surface area contributed by atoms with Crippen LogP contribution in [-0.2, 0) is 17.0 Å². The molecule has 0 saturated carbocycles. The van der Waals surface area contributed by atoms with E-state index >= 15 is 0 Å². The normalized spacial score (nSPS) is 15.4. The molecule has 2 aromatic carbocycles. The van der Waals surface area contributed by atoms with Gasteiger partial charge in [0, 0.05) is 50.8 Å². The Labute approximate surface area is 162 Å². The standard InChI is InChI=1S/C22H30N2OS/c1-3-7-21(8-4-1)19-24(12-11-23-13-16-25-17-14-23)15-18-26-20-22-9-5-2-6-10-22/h1-10H,11-20H2. The SMILES string of the molecule is c1ccc(CSCCN(CCN2CCOCC2)Cc2ccccc2)cc1. The summed E-state index contributed by atoms with van der Waals surface area (Å²) in [6.45, 7) is 8.34. The van der Waals surface area contributed by atoms with E-state index in [0.29, 0.717) is 0 Å². The van der Waals surface area contributed by atoms with Crippen LogP contribution in [0, 0.1) is 0 Å². The highest BCUT2D eigenvalue weighted by molar-refractivity contribution is 7.98. The summed E-state index contributed by atoms with van der Waals surface area (Å²) in [4.78, 5) is 5.13. The van der Waals surface area contributed by atoms with Crippen molar-refractivity contribution in [3.05, 3.63) is 71.8 Å². The second kappa shape index (κ2) is 11.4. The van der Waals surface area contributed by atoms with Crippen LogP contribution in [0.25, 0.3) is 0 Å². The summed E-state index contributed by atoms with van der Waals surface area (Å²) in [5, 5.41) is 0. The zero-order valence-electron chi connectivity index (χ0n) is 15.6. The molecular weight excluding hydrogens is 340 g/mol. The van der Waals surface area contributed by atoms with Crippen LogP contribution in [0.3, 0.4) is 0 Å². The van der Waals surface area contributed by atoms with Gasteiger partial charge in [0.15, 0.2) is 0 Å². The molecule has 2 aromatic rings. The van der Waals surface area contributed by atoms with Crippen molar-refractivity contribution in [1.29, 1.82) is 0 Å². The first kappa shape index (κ1) is 19.4. The minimum Gasteiger partial charge on any atom is -0.379 e. The van der Waals surface area contributed by atoms with Gasteiger partial charge in [0.1, 0.15) is 0 Å². The molecule has 1 saturated heterocycles. The lowest BCUT2D eigenvalue weighted by atomic mass is 10.2. The number of hydrogen-bond acceptors (Lipinski definition) is 4. The molecule has 1 aliphatic rings. The van der Waals surface area contributed by atoms with E-state index in [1.54, 1.807) is 0 Å². The van der Waals surface area contributed by atoms with E-state index in [1.807, 2.05) is 11.8 Å². The van der Waals surface area contributed by atoms with Crippen LogP contribution in [-0.4, -0.2) is 61.5 Å². The van der Waals surface area contributed by atoms with Crippen molar-refractivity contribution in [2.75, 3.05) is 51.7 Å². The van der Waals surface area contributed by atoms with Gasteiger partial charge < -0.3 is 4.74 Å². The molecule has 0 atom stereocenters. The quantitative estimate of drug-likeness (QED) is 0.592. The van der Waals surface area contributed by atoms with Gasteiger partial charge >= 0.3 is 0 Å². The molecule has 0 amide bonds. The molecule has 0 aliphatic carbocycles. The van der Waals surface area contributed by atoms with Crippen molar-refractivity contribution in [3.63, 3.8) is 0 Å². The van der Waals surface area contributed by atoms with Gasteiger partial charge in [0.25, 0.3) is 0 Å². The molecule has 3 nitrogen and oxygen atoms in total. The Hall–Kier alpha value is -1.33. The molecule has 0 N–H and O–H groups in total. The lowest BCUT2D eigenvalue weighted by molar-refractivity contribution is 0.0333. The predicted molar refractivity (Wildman–Crippen MR) is 112 cm³/mol. The minimum atomic E-state index is 0.881. The van der Waals surface area contributed by atoms with Crippen LogP contribution >= 0.6 is 11.8 Å². The molecule has 0 unspecified atom stereocenters. The highest BCUT2D eigenvalue weighted by atomic mass is 32.2. The summed E-state index contributed by atoms with van der Waals surface area (Å²) in [6, 6.07) is 21.6. The fraction of sp³-hybridized carbons (Fsp3) is 0.455. The molecule has 1 heterocycles. The van der Waals surface area contributed by atoms with Crippen LogP contribution in [0.4, 0.5) is 0 Å². The molecule has 1 aliphatic heterocycles. The maximum Gasteiger partial charge on any atom is 0.0594 e. The summed E-state index contributed by atoms with van der Waals surface area (Å²) >= 11 is 2.03. The zero-order valence-corrected chi connectivity index (χ0v) is 16.4. The highest BCUT2D eigenvalue weighted by Gasteiger charge is 2.13. The third-order valence-corrected chi connectivity index (χ3v) is 5.76. The van der Waals surface area contributed by atoms with Gasteiger partial charge in [0.2, 0.25) is 0 Å². The monoisotopic (exact) mass is 370 g/mol. The van der Waals surface area contributed by atoms with Gasteiger partial charge in [-0.25, -0.2) is 0 Å². The van der Waals surface area contributed by atoms with Crippen LogP contribution < -0.4 is 0 Å². The first-order chi connectivity index (χ1) is 12.9. The van der Waals surface area contributed by atoms with Gasteiger partial charge in [-0.05, 0) is 11.1 Å². The van der Waals surface area contributed by atoms with Crippen molar-refractivity contribution < 1.29 is 4.74 Å². The molecule has 0 spiro atoms. The number of benzene rings is 2. The van der Waals surface area contributed by atoms with E-state index in [4.69, 9.17) is 4.74 Å². The number of thioether (sulfide) groups is 1. The lowest BCUT2D eigenvalue weighted by Crippen LogP contribution is -2.41. The molecule has 4 heteroatoms. The Morgan fingerprint density at radius 3 is 2.19 bits per heavy atom. The van der Waals surface area contributed by atoms with Crippen molar-refractivity contribution in [2.24, 2.45) is 0 Å². The molecule has 1 fully saturated rings. The van der Waals surface area contributed by atoms with E-state index in [1.165, 1.54) is 16.9 Å². The fourth-order valence-electron chi connectivity index (χ4n) is 3.18. The lowest BCUT2D eigenvalue weighted by Gasteiger charge is -2.30. The Morgan fingerprint density at radius 1 is 0.846 bits per heavy atom. The number of morpholine rings is 1. The topological polar surface area (TPSA) is 15.7 Å². The van der Waals surface area contributed by atoms with Crippen molar-refractivity contribution in [3.8, 4) is 0 Å². The number of hydrogen-bond donors (Lipinski definition) is 0. The van der Waals surface area contributed by atoms with E-state index in [9.17, 15) is 0 Å². The highest BCUT2D eigenvalue weighted by Crippen LogP contribution is 2.13. The van der Waals surface area contributed by atoms with Crippen molar-refractivity contribution >= 4 is 11.8 Å². The van der Waals surface area contributed by atoms with Crippen LogP contribution in [0.2, 0.25) is 0 Å². The fourth-order valence-corrected chi connectivity index (χ4v) is 4.14. The maximum absolute atomic E-state index is 5.47. The zero-order chi connectivity index (χ0) is 17.9. The van der Waals surface area contributed by atoms with Crippen LogP contribution in [0.1, 0.15) is 11.1 Å². The predicted octanol–water partition coefficient (Wildman–Crippen LogP) is 3.75. The van der Waals surface area contributed by atoms with Gasteiger partial charge in [-0.3, -0.25) is 9.80 Å². The third kappa shape index (κ3) is 7.12. The molecule has 26 heavy (non-hydrogen) atoms. The second-order valence-electron chi connectivity index (χ2n) is 6.75. The molecule has 0 bridgehead atoms. The molecule has 3 rings (SSSR count). The van der Waals surface area contributed by atoms with E-state index < -0.39 is 0 Å². The van der Waals surface area contributed by atoms with E-state index in [0.717, 1.165) is 58.2 Å². The summed E-state index contributed by atoms with van der Waals surface area (Å²) in [5.41, 5.74) is 2.82. The van der Waals surface area contributed by atoms with Gasteiger partial charge in [-0.2, -0.15) is 11.8 Å². The Bertz CT molecular complexity index is 602. The Morgan fingerprint density at radius 2 is 1.50 bits per heavy atom. The average Bonchev–Trinajstić information content (AvgIpc) is 2.71. The first-order valence-electron chi connectivity index (χ1n) is 9.58. The number of rotatable bonds is 10. The van der Waals surface area contributed by atoms with E-state index in [-0.39, 0.29) is 0 Å².